The highest BCUT2D eigenvalue weighted by Gasteiger charge is 2.26. The molecule has 0 aliphatic heterocycles. The first kappa shape index (κ1) is 12.0. The maximum atomic E-state index is 10.7. The molecule has 1 aromatic rings. The van der Waals surface area contributed by atoms with Crippen LogP contribution < -0.4 is 4.90 Å². The SMILES string of the molecule is CN(C)c1ncc(C(C)(C)CC(=O)O)s1. The van der Waals surface area contributed by atoms with Crippen LogP contribution >= 0.6 is 11.3 Å². The normalized spacial score (nSPS) is 11.5. The lowest BCUT2D eigenvalue weighted by atomic mass is 9.88. The number of aliphatic carboxylic acids is 1. The average Bonchev–Trinajstić information content (AvgIpc) is 2.48. The van der Waals surface area contributed by atoms with Gasteiger partial charge in [-0.15, -0.1) is 11.3 Å². The summed E-state index contributed by atoms with van der Waals surface area (Å²) in [5, 5.41) is 9.71. The Kier molecular flexibility index (Phi) is 3.34. The molecule has 1 heterocycles. The molecular weight excluding hydrogens is 212 g/mol. The summed E-state index contributed by atoms with van der Waals surface area (Å²) in [5.74, 6) is -0.778. The predicted octanol–water partition coefficient (Wildman–Crippen LogP) is 1.96. The molecule has 0 unspecified atom stereocenters. The highest BCUT2D eigenvalue weighted by atomic mass is 32.1. The standard InChI is InChI=1S/C10H16N2O2S/c1-10(2,5-8(13)14)7-6-11-9(15-7)12(3)4/h6H,5H2,1-4H3,(H,13,14). The summed E-state index contributed by atoms with van der Waals surface area (Å²) in [6.07, 6.45) is 1.89. The quantitative estimate of drug-likeness (QED) is 0.856. The van der Waals surface area contributed by atoms with Gasteiger partial charge in [0.05, 0.1) is 6.42 Å². The average molecular weight is 228 g/mol. The van der Waals surface area contributed by atoms with E-state index in [4.69, 9.17) is 5.11 Å². The highest BCUT2D eigenvalue weighted by Crippen LogP contribution is 2.34. The van der Waals surface area contributed by atoms with Crippen LogP contribution in [0.2, 0.25) is 0 Å². The van der Waals surface area contributed by atoms with Crippen LogP contribution in [0, 0.1) is 0 Å². The van der Waals surface area contributed by atoms with Gasteiger partial charge in [0.15, 0.2) is 5.13 Å². The van der Waals surface area contributed by atoms with Crippen molar-refractivity contribution in [2.45, 2.75) is 25.7 Å². The number of nitrogens with zero attached hydrogens (tertiary/aromatic N) is 2. The van der Waals surface area contributed by atoms with E-state index in [0.29, 0.717) is 0 Å². The van der Waals surface area contributed by atoms with Gasteiger partial charge in [0, 0.05) is 30.6 Å². The maximum Gasteiger partial charge on any atom is 0.304 e. The number of carboxylic acid groups (broad SMARTS) is 1. The lowest BCUT2D eigenvalue weighted by molar-refractivity contribution is -0.138. The zero-order valence-corrected chi connectivity index (χ0v) is 10.3. The zero-order valence-electron chi connectivity index (χ0n) is 9.44. The Labute approximate surface area is 93.6 Å². The van der Waals surface area contributed by atoms with Crippen molar-refractivity contribution in [3.05, 3.63) is 11.1 Å². The van der Waals surface area contributed by atoms with E-state index in [-0.39, 0.29) is 11.8 Å². The van der Waals surface area contributed by atoms with Crippen LogP contribution in [-0.4, -0.2) is 30.2 Å². The van der Waals surface area contributed by atoms with Gasteiger partial charge in [0.1, 0.15) is 0 Å². The van der Waals surface area contributed by atoms with E-state index >= 15 is 0 Å². The van der Waals surface area contributed by atoms with Gasteiger partial charge in [0.25, 0.3) is 0 Å². The predicted molar refractivity (Wildman–Crippen MR) is 61.7 cm³/mol. The van der Waals surface area contributed by atoms with Gasteiger partial charge in [0.2, 0.25) is 0 Å². The van der Waals surface area contributed by atoms with Gasteiger partial charge in [-0.3, -0.25) is 4.79 Å². The van der Waals surface area contributed by atoms with Crippen LogP contribution in [0.1, 0.15) is 25.1 Å². The van der Waals surface area contributed by atoms with Crippen LogP contribution in [0.25, 0.3) is 0 Å². The molecule has 0 bridgehead atoms. The van der Waals surface area contributed by atoms with E-state index in [1.165, 1.54) is 0 Å². The van der Waals surface area contributed by atoms with Gasteiger partial charge in [-0.2, -0.15) is 0 Å². The monoisotopic (exact) mass is 228 g/mol. The number of anilines is 1. The van der Waals surface area contributed by atoms with Crippen molar-refractivity contribution in [1.29, 1.82) is 0 Å². The Hall–Kier alpha value is -1.10. The number of hydrogen-bond donors (Lipinski definition) is 1. The van der Waals surface area contributed by atoms with Gasteiger partial charge in [-0.25, -0.2) is 4.98 Å². The van der Waals surface area contributed by atoms with Crippen LogP contribution in [0.3, 0.4) is 0 Å². The summed E-state index contributed by atoms with van der Waals surface area (Å²) < 4.78 is 0. The Bertz CT molecular complexity index is 358. The third-order valence-corrected chi connectivity index (χ3v) is 3.67. The number of carboxylic acids is 1. The van der Waals surface area contributed by atoms with Crippen LogP contribution in [0.5, 0.6) is 0 Å². The molecule has 0 aliphatic rings. The highest BCUT2D eigenvalue weighted by molar-refractivity contribution is 7.15. The van der Waals surface area contributed by atoms with Crippen molar-refractivity contribution in [3.63, 3.8) is 0 Å². The molecule has 0 radical (unpaired) electrons. The molecule has 0 amide bonds. The Morgan fingerprint density at radius 2 is 2.20 bits per heavy atom. The lowest BCUT2D eigenvalue weighted by Crippen LogP contribution is -2.20. The first-order valence-corrected chi connectivity index (χ1v) is 5.50. The second kappa shape index (κ2) is 4.18. The van der Waals surface area contributed by atoms with E-state index < -0.39 is 5.97 Å². The molecule has 15 heavy (non-hydrogen) atoms. The molecule has 0 aromatic carbocycles. The fraction of sp³-hybridized carbons (Fsp3) is 0.600. The van der Waals surface area contributed by atoms with Crippen LogP contribution in [0.15, 0.2) is 6.20 Å². The largest absolute Gasteiger partial charge is 0.481 e. The van der Waals surface area contributed by atoms with Crippen molar-refractivity contribution in [3.8, 4) is 0 Å². The number of hydrogen-bond acceptors (Lipinski definition) is 4. The van der Waals surface area contributed by atoms with E-state index in [9.17, 15) is 4.79 Å². The molecule has 0 saturated heterocycles. The lowest BCUT2D eigenvalue weighted by Gasteiger charge is -2.19. The van der Waals surface area contributed by atoms with Crippen molar-refractivity contribution in [2.24, 2.45) is 0 Å². The van der Waals surface area contributed by atoms with Gasteiger partial charge in [-0.1, -0.05) is 13.8 Å². The third kappa shape index (κ3) is 2.92. The van der Waals surface area contributed by atoms with Gasteiger partial charge < -0.3 is 10.0 Å². The third-order valence-electron chi connectivity index (χ3n) is 2.14. The van der Waals surface area contributed by atoms with Crippen molar-refractivity contribution < 1.29 is 9.90 Å². The molecule has 1 rings (SSSR count). The number of aromatic nitrogens is 1. The summed E-state index contributed by atoms with van der Waals surface area (Å²) in [6.45, 7) is 3.85. The fourth-order valence-electron chi connectivity index (χ4n) is 1.25. The fourth-order valence-corrected chi connectivity index (χ4v) is 2.19. The maximum absolute atomic E-state index is 10.7. The summed E-state index contributed by atoms with van der Waals surface area (Å²) in [7, 11) is 3.85. The summed E-state index contributed by atoms with van der Waals surface area (Å²) in [4.78, 5) is 17.9. The van der Waals surface area contributed by atoms with Crippen LogP contribution in [-0.2, 0) is 10.2 Å². The minimum atomic E-state index is -0.778. The summed E-state index contributed by atoms with van der Waals surface area (Å²) in [5.41, 5.74) is -0.349. The first-order chi connectivity index (χ1) is 6.83. The molecular formula is C10H16N2O2S. The van der Waals surface area contributed by atoms with E-state index in [1.807, 2.05) is 32.8 Å². The summed E-state index contributed by atoms with van der Waals surface area (Å²) in [6, 6.07) is 0. The Morgan fingerprint density at radius 3 is 2.60 bits per heavy atom. The van der Waals surface area contributed by atoms with Crippen molar-refractivity contribution in [1.82, 2.24) is 4.98 Å². The van der Waals surface area contributed by atoms with E-state index in [1.54, 1.807) is 17.5 Å². The Balaban J connectivity index is 2.89. The minimum Gasteiger partial charge on any atom is -0.481 e. The second-order valence-electron chi connectivity index (χ2n) is 4.36. The van der Waals surface area contributed by atoms with E-state index in [0.717, 1.165) is 10.0 Å². The molecule has 84 valence electrons. The number of rotatable bonds is 4. The molecule has 5 heteroatoms. The first-order valence-electron chi connectivity index (χ1n) is 4.68. The molecule has 0 spiro atoms. The molecule has 0 fully saturated rings. The topological polar surface area (TPSA) is 53.4 Å². The van der Waals surface area contributed by atoms with E-state index in [2.05, 4.69) is 4.98 Å². The van der Waals surface area contributed by atoms with Crippen molar-refractivity contribution in [2.75, 3.05) is 19.0 Å². The second-order valence-corrected chi connectivity index (χ2v) is 5.37. The zero-order chi connectivity index (χ0) is 11.6. The molecule has 1 N–H and O–H groups in total. The number of carbonyl (C=O) groups is 1. The minimum absolute atomic E-state index is 0.127. The molecule has 0 saturated carbocycles. The molecule has 1 aromatic heterocycles. The van der Waals surface area contributed by atoms with Crippen molar-refractivity contribution >= 4 is 22.4 Å². The van der Waals surface area contributed by atoms with Gasteiger partial charge >= 0.3 is 5.97 Å². The number of thiazole rings is 1. The molecule has 4 nitrogen and oxygen atoms in total. The van der Waals surface area contributed by atoms with Gasteiger partial charge in [-0.05, 0) is 0 Å². The summed E-state index contributed by atoms with van der Waals surface area (Å²) >= 11 is 1.54. The molecule has 0 atom stereocenters. The van der Waals surface area contributed by atoms with Crippen LogP contribution in [0.4, 0.5) is 5.13 Å². The Morgan fingerprint density at radius 1 is 1.60 bits per heavy atom. The smallest absolute Gasteiger partial charge is 0.304 e. The molecule has 0 aliphatic carbocycles.